The maximum Gasteiger partial charge on any atom is 0.407 e. The van der Waals surface area contributed by atoms with E-state index < -0.39 is 28.2 Å². The van der Waals surface area contributed by atoms with Gasteiger partial charge in [-0.3, -0.25) is 9.59 Å². The van der Waals surface area contributed by atoms with Crippen molar-refractivity contribution in [1.82, 2.24) is 10.6 Å². The Bertz CT molecular complexity index is 7970. The smallest absolute Gasteiger partial charge is 0.407 e. The molecule has 0 unspecified atom stereocenters. The molecule has 12 nitrogen and oxygen atoms in total. The molecular weight excluding hydrogens is 1310 g/mol. The highest BCUT2D eigenvalue weighted by atomic mass is 16.6. The molecule has 28 aromatic rings. The van der Waals surface area contributed by atoms with Crippen LogP contribution in [0.3, 0.4) is 0 Å². The third kappa shape index (κ3) is 3.51. The average Bonchev–Trinajstić information content (AvgIpc) is 1.35. The van der Waals surface area contributed by atoms with E-state index in [0.717, 1.165) is 38.5 Å². The first-order valence-corrected chi connectivity index (χ1v) is 39.9. The maximum absolute atomic E-state index is 17.9. The number of hydrogen-bond donors (Lipinski definition) is 2. The van der Waals surface area contributed by atoms with Gasteiger partial charge in [0, 0.05) is 11.1 Å². The van der Waals surface area contributed by atoms with E-state index in [9.17, 15) is 9.59 Å². The Balaban J connectivity index is 0.596. The van der Waals surface area contributed by atoms with Crippen molar-refractivity contribution in [3.8, 4) is 0 Å². The fraction of sp³-hybridized carbons (Fsp3) is 0.333. The van der Waals surface area contributed by atoms with Crippen molar-refractivity contribution in [3.63, 3.8) is 0 Å². The van der Waals surface area contributed by atoms with Crippen LogP contribution in [0.2, 0.25) is 0 Å². The van der Waals surface area contributed by atoms with E-state index in [1.54, 1.807) is 0 Å². The summed E-state index contributed by atoms with van der Waals surface area (Å²) in [6.07, 6.45) is 13.2. The van der Waals surface area contributed by atoms with Crippen molar-refractivity contribution in [2.24, 2.45) is 40.9 Å². The van der Waals surface area contributed by atoms with E-state index in [1.165, 1.54) is 352 Å². The van der Waals surface area contributed by atoms with Gasteiger partial charge in [-0.15, -0.1) is 0 Å². The van der Waals surface area contributed by atoms with Gasteiger partial charge in [-0.05, 0) is 426 Å². The molecule has 2 spiro atoms. The highest BCUT2D eigenvalue weighted by molar-refractivity contribution is 6.82. The summed E-state index contributed by atoms with van der Waals surface area (Å²) in [6, 6.07) is 0. The Hall–Kier alpha value is -10.1. The molecule has 0 atom stereocenters. The number of nitrogens with one attached hydrogen (secondary N) is 2. The van der Waals surface area contributed by atoms with Crippen LogP contribution in [0.1, 0.15) is 99.3 Å². The highest BCUT2D eigenvalue weighted by Crippen LogP contribution is 2.97. The van der Waals surface area contributed by atoms with Crippen LogP contribution in [0.15, 0.2) is 0 Å². The number of carbonyl (C=O) groups is 4. The second-order valence-corrected chi connectivity index (χ2v) is 38.4. The molecule has 8 bridgehead atoms. The summed E-state index contributed by atoms with van der Waals surface area (Å²) in [6.45, 7) is 0.258. The molecule has 0 radical (unpaired) electrons. The Morgan fingerprint density at radius 1 is 0.229 bits per heavy atom. The van der Waals surface area contributed by atoms with Gasteiger partial charge < -0.3 is 39.1 Å². The van der Waals surface area contributed by atoms with E-state index in [-0.39, 0.29) is 76.1 Å². The first-order valence-electron chi connectivity index (χ1n) is 39.9. The molecule has 13 aliphatic carbocycles. The van der Waals surface area contributed by atoms with Crippen molar-refractivity contribution >= 4 is 315 Å². The largest absolute Gasteiger partial charge is 0.462 e. The topological polar surface area (TPSA) is 148 Å². The summed E-state index contributed by atoms with van der Waals surface area (Å²) in [5, 5.41) is 83.5. The first-order chi connectivity index (χ1) is 51.8. The van der Waals surface area contributed by atoms with Crippen molar-refractivity contribution in [1.29, 1.82) is 0 Å². The first kappa shape index (κ1) is 48.1. The molecule has 490 valence electrons. The minimum absolute atomic E-state index is 0.0459. The van der Waals surface area contributed by atoms with Gasteiger partial charge in [-0.1, -0.05) is 0 Å². The molecule has 105 heavy (non-hydrogen) atoms. The molecule has 41 rings (SSSR count). The number of hydrogen-bond acceptors (Lipinski definition) is 10. The molecular formula is C93H48N2O10. The van der Waals surface area contributed by atoms with Gasteiger partial charge in [0.15, 0.2) is 5.41 Å². The molecule has 0 aromatic heterocycles. The Kier molecular flexibility index (Phi) is 5.84. The number of rotatable bonds is 16. The fourth-order valence-electron chi connectivity index (χ4n) is 35.5. The van der Waals surface area contributed by atoms with Gasteiger partial charge in [0.05, 0.1) is 37.3 Å². The monoisotopic (exact) mass is 1350 g/mol. The third-order valence-electron chi connectivity index (χ3n) is 35.6. The zero-order valence-electron chi connectivity index (χ0n) is 56.2. The number of benzene rings is 18. The van der Waals surface area contributed by atoms with Crippen LogP contribution in [0, 0.1) is 40.9 Å². The van der Waals surface area contributed by atoms with Gasteiger partial charge >= 0.3 is 24.1 Å². The van der Waals surface area contributed by atoms with Crippen molar-refractivity contribution in [2.45, 2.75) is 99.0 Å². The number of alkyl carbamates (subject to hydrolysis) is 2. The molecule has 0 heterocycles. The van der Waals surface area contributed by atoms with E-state index in [4.69, 9.17) is 28.4 Å². The fourth-order valence-corrected chi connectivity index (χ4v) is 35.5. The van der Waals surface area contributed by atoms with E-state index in [2.05, 4.69) is 10.6 Å². The minimum atomic E-state index is -1.96. The number of carbonyl (C=O) groups excluding carboxylic acids is 4. The van der Waals surface area contributed by atoms with Gasteiger partial charge in [0.2, 0.25) is 0 Å². The summed E-state index contributed by atoms with van der Waals surface area (Å²) in [5.74, 6) is 3.03. The van der Waals surface area contributed by atoms with Crippen LogP contribution >= 0.6 is 0 Å². The standard InChI is InChI=1S/C93H48N2O10/c96-85(102-5-1-100-3-7-104-87(98)94-89-15-21-9-22(16-89)11-23(10-21)17-89)93(86(97)103-6-2-101-4-8-105-88(99)95-90-18-24-12-25(19-90)14-26(13-24)20-90)91-81-73-65-55-45-37-29-27-28-31-35-33(29)41-49-43(35)53-47-39(31)40-32(28)36-34-30(27)38(37)46-52-42(34)50-44(36)54-48(40)58-57(47)67-61(53)71-63(49)69(59(65)51(41)45)77(81)79(71)83-75(67)76-68(58)62(54)72-64(50)70-60(52)66(56(46)55)74(73)82(91)78(70)80(72)84(76)92(83,91)93/h21-26H,1-20H2,(H,94,98)(H,95,99). The molecule has 28 aromatic carbocycles. The predicted molar refractivity (Wildman–Crippen MR) is 411 cm³/mol. The lowest BCUT2D eigenvalue weighted by Crippen LogP contribution is -2.60. The van der Waals surface area contributed by atoms with Gasteiger partial charge in [0.1, 0.15) is 26.4 Å². The average molecular weight is 1350 g/mol. The Morgan fingerprint density at radius 2 is 0.390 bits per heavy atom. The van der Waals surface area contributed by atoms with Crippen LogP contribution < -0.4 is 10.6 Å². The van der Waals surface area contributed by atoms with Gasteiger partial charge in [0.25, 0.3) is 0 Å². The number of ether oxygens (including phenoxy) is 6. The Labute approximate surface area is 584 Å². The Morgan fingerprint density at radius 3 is 0.571 bits per heavy atom. The highest BCUT2D eigenvalue weighted by Gasteiger charge is 3.01. The predicted octanol–water partition coefficient (Wildman–Crippen LogP) is 19.8. The quantitative estimate of drug-likeness (QED) is 0.0315. The van der Waals surface area contributed by atoms with Crippen LogP contribution in [0.5, 0.6) is 0 Å². The second kappa shape index (κ2) is 12.8. The van der Waals surface area contributed by atoms with Crippen LogP contribution in [-0.4, -0.2) is 88.1 Å². The number of amides is 2. The minimum Gasteiger partial charge on any atom is -0.462 e. The molecule has 0 saturated heterocycles. The summed E-state index contributed by atoms with van der Waals surface area (Å²) < 4.78 is 38.8. The number of esters is 2. The summed E-state index contributed by atoms with van der Waals surface area (Å²) in [7, 11) is 0. The molecule has 0 aliphatic heterocycles. The van der Waals surface area contributed by atoms with Gasteiger partial charge in [-0.2, -0.15) is 0 Å². The van der Waals surface area contributed by atoms with E-state index in [0.29, 0.717) is 35.5 Å². The second-order valence-electron chi connectivity index (χ2n) is 38.4. The summed E-state index contributed by atoms with van der Waals surface area (Å²) >= 11 is 0. The zero-order chi connectivity index (χ0) is 65.6. The molecule has 2 N–H and O–H groups in total. The molecule has 9 fully saturated rings. The lowest BCUT2D eigenvalue weighted by molar-refractivity contribution is -0.168. The van der Waals surface area contributed by atoms with Crippen LogP contribution in [0.4, 0.5) is 9.59 Å². The van der Waals surface area contributed by atoms with Gasteiger partial charge in [-0.25, -0.2) is 9.59 Å². The van der Waals surface area contributed by atoms with E-state index in [1.807, 2.05) is 0 Å². The molecule has 12 heteroatoms. The lowest BCUT2D eigenvalue weighted by atomic mass is 9.53. The summed E-state index contributed by atoms with van der Waals surface area (Å²) in [4.78, 5) is 63.0. The maximum atomic E-state index is 17.9. The van der Waals surface area contributed by atoms with Crippen LogP contribution in [-0.2, 0) is 48.8 Å². The van der Waals surface area contributed by atoms with Crippen molar-refractivity contribution in [3.05, 3.63) is 22.3 Å². The van der Waals surface area contributed by atoms with E-state index >= 15 is 9.59 Å². The zero-order valence-corrected chi connectivity index (χ0v) is 56.2. The van der Waals surface area contributed by atoms with Crippen molar-refractivity contribution < 1.29 is 47.6 Å². The summed E-state index contributed by atoms with van der Waals surface area (Å²) in [5.41, 5.74) is -0.163. The third-order valence-corrected chi connectivity index (χ3v) is 35.6. The lowest BCUT2D eigenvalue weighted by Gasteiger charge is -2.56. The molecule has 9 saturated carbocycles. The molecule has 2 amide bonds. The van der Waals surface area contributed by atoms with Crippen molar-refractivity contribution in [2.75, 3.05) is 52.9 Å². The SMILES string of the molecule is O=C(NC12CC3CC(CC(C3)C1)C2)OCCOCCOC(=O)C1(C(=O)OCCOCCOC(=O)NC23CC4CC(CC(C4)C2)C3)C23c4c5c6c7c8c9c(c%10c%11c2c2c4c4c%12c5c5c6c6c8c8c%13c9c9c%10c%10c%11c%11c2c2c4c4c%12c%12c5c5c6c8c6c8c%13c9c9c%10c%10c%11c2c2c4c4c%12c5c6c5c8c9c%10c2c45)C713. The van der Waals surface area contributed by atoms with Crippen LogP contribution in [0.25, 0.3) is 291 Å². The molecule has 13 aliphatic rings. The normalized spacial score (nSPS) is 30.4.